The third kappa shape index (κ3) is 15.7. The topological polar surface area (TPSA) is 0 Å². The van der Waals surface area contributed by atoms with Crippen molar-refractivity contribution in [1.82, 2.24) is 0 Å². The molecule has 0 N–H and O–H groups in total. The van der Waals surface area contributed by atoms with Crippen molar-refractivity contribution in [2.75, 3.05) is 0 Å². The summed E-state index contributed by atoms with van der Waals surface area (Å²) in [4.78, 5) is 0. The fraction of sp³-hybridized carbons (Fsp3) is 0.889. The van der Waals surface area contributed by atoms with Crippen molar-refractivity contribution in [3.63, 3.8) is 0 Å². The van der Waals surface area contributed by atoms with Gasteiger partial charge in [0, 0.05) is 0 Å². The minimum atomic E-state index is 0.893. The van der Waals surface area contributed by atoms with E-state index in [-0.39, 0.29) is 0 Å². The average molecular weight is 252 g/mol. The minimum Gasteiger partial charge on any atom is -0.100 e. The molecule has 0 aliphatic heterocycles. The van der Waals surface area contributed by atoms with Crippen molar-refractivity contribution in [1.29, 1.82) is 0 Å². The molecule has 0 unspecified atom stereocenters. The number of allylic oxidation sites excluding steroid dienone is 1. The van der Waals surface area contributed by atoms with E-state index in [0.29, 0.717) is 0 Å². The van der Waals surface area contributed by atoms with Crippen LogP contribution in [0.1, 0.15) is 97.8 Å². The highest BCUT2D eigenvalue weighted by Gasteiger charge is 1.95. The summed E-state index contributed by atoms with van der Waals surface area (Å²) in [5, 5.41) is 0. The van der Waals surface area contributed by atoms with Gasteiger partial charge >= 0.3 is 0 Å². The van der Waals surface area contributed by atoms with E-state index < -0.39 is 0 Å². The van der Waals surface area contributed by atoms with Crippen molar-refractivity contribution < 1.29 is 0 Å². The quantitative estimate of drug-likeness (QED) is 0.247. The van der Waals surface area contributed by atoms with Gasteiger partial charge in [-0.3, -0.25) is 0 Å². The van der Waals surface area contributed by atoms with Crippen LogP contribution < -0.4 is 0 Å². The lowest BCUT2D eigenvalue weighted by Gasteiger charge is -2.04. The van der Waals surface area contributed by atoms with Crippen LogP contribution in [0.15, 0.2) is 12.2 Å². The van der Waals surface area contributed by atoms with E-state index in [4.69, 9.17) is 0 Å². The van der Waals surface area contributed by atoms with Crippen LogP contribution in [0.3, 0.4) is 0 Å². The molecule has 108 valence electrons. The van der Waals surface area contributed by atoms with Crippen molar-refractivity contribution in [2.45, 2.75) is 97.8 Å². The molecule has 18 heavy (non-hydrogen) atoms. The van der Waals surface area contributed by atoms with Gasteiger partial charge in [-0.1, -0.05) is 83.6 Å². The second-order valence-electron chi connectivity index (χ2n) is 6.43. The SMILES string of the molecule is C=C(C)CCCCCCCCCCCCC(C)C. The molecule has 0 aromatic rings. The second kappa shape index (κ2) is 13.2. The van der Waals surface area contributed by atoms with E-state index in [1.54, 1.807) is 0 Å². The van der Waals surface area contributed by atoms with Crippen molar-refractivity contribution >= 4 is 0 Å². The van der Waals surface area contributed by atoms with Gasteiger partial charge in [-0.2, -0.15) is 0 Å². The lowest BCUT2D eigenvalue weighted by molar-refractivity contribution is 0.505. The predicted octanol–water partition coefficient (Wildman–Crippen LogP) is 6.90. The molecule has 0 saturated heterocycles. The van der Waals surface area contributed by atoms with Crippen LogP contribution in [0.5, 0.6) is 0 Å². The summed E-state index contributed by atoms with van der Waals surface area (Å²) in [6.45, 7) is 10.7. The maximum Gasteiger partial charge on any atom is -0.0326 e. The van der Waals surface area contributed by atoms with Gasteiger partial charge in [0.05, 0.1) is 0 Å². The van der Waals surface area contributed by atoms with Gasteiger partial charge in [0.1, 0.15) is 0 Å². The monoisotopic (exact) mass is 252 g/mol. The molecule has 0 fully saturated rings. The fourth-order valence-electron chi connectivity index (χ4n) is 2.39. The molecule has 0 aliphatic carbocycles. The Morgan fingerprint density at radius 2 is 1.11 bits per heavy atom. The molecule has 0 amide bonds. The summed E-state index contributed by atoms with van der Waals surface area (Å²) in [6.07, 6.45) is 17.0. The Labute approximate surface area is 116 Å². The molecule has 0 nitrogen and oxygen atoms in total. The number of hydrogen-bond donors (Lipinski definition) is 0. The molecule has 0 bridgehead atoms. The molecule has 0 heteroatoms. The number of hydrogen-bond acceptors (Lipinski definition) is 0. The van der Waals surface area contributed by atoms with Gasteiger partial charge in [-0.15, -0.1) is 6.58 Å². The van der Waals surface area contributed by atoms with Gasteiger partial charge in [0.15, 0.2) is 0 Å². The summed E-state index contributed by atoms with van der Waals surface area (Å²) in [7, 11) is 0. The van der Waals surface area contributed by atoms with E-state index in [0.717, 1.165) is 5.92 Å². The molecular weight excluding hydrogens is 216 g/mol. The third-order valence-corrected chi connectivity index (χ3v) is 3.64. The maximum absolute atomic E-state index is 3.95. The zero-order valence-corrected chi connectivity index (χ0v) is 13.3. The van der Waals surface area contributed by atoms with Crippen molar-refractivity contribution in [2.24, 2.45) is 5.92 Å². The highest BCUT2D eigenvalue weighted by Crippen LogP contribution is 2.14. The van der Waals surface area contributed by atoms with Crippen LogP contribution >= 0.6 is 0 Å². The van der Waals surface area contributed by atoms with Crippen LogP contribution in [-0.4, -0.2) is 0 Å². The predicted molar refractivity (Wildman–Crippen MR) is 85.1 cm³/mol. The standard InChI is InChI=1S/C18H36/c1-17(2)15-13-11-9-7-5-6-8-10-12-14-16-18(3)4/h18H,1,5-16H2,2-4H3. The first-order valence-electron chi connectivity index (χ1n) is 8.27. The van der Waals surface area contributed by atoms with E-state index in [1.165, 1.54) is 82.6 Å². The van der Waals surface area contributed by atoms with Gasteiger partial charge in [-0.25, -0.2) is 0 Å². The van der Waals surface area contributed by atoms with Crippen LogP contribution in [-0.2, 0) is 0 Å². The van der Waals surface area contributed by atoms with Gasteiger partial charge in [0.2, 0.25) is 0 Å². The number of unbranched alkanes of at least 4 members (excludes halogenated alkanes) is 9. The molecule has 0 aromatic carbocycles. The first-order chi connectivity index (χ1) is 8.63. The molecule has 0 aliphatic rings. The Bertz CT molecular complexity index is 178. The Morgan fingerprint density at radius 3 is 1.50 bits per heavy atom. The van der Waals surface area contributed by atoms with E-state index in [9.17, 15) is 0 Å². The summed E-state index contributed by atoms with van der Waals surface area (Å²) >= 11 is 0. The minimum absolute atomic E-state index is 0.893. The normalized spacial score (nSPS) is 11.1. The van der Waals surface area contributed by atoms with Gasteiger partial charge < -0.3 is 0 Å². The third-order valence-electron chi connectivity index (χ3n) is 3.64. The van der Waals surface area contributed by atoms with Crippen LogP contribution in [0.2, 0.25) is 0 Å². The lowest BCUT2D eigenvalue weighted by atomic mass is 10.0. The van der Waals surface area contributed by atoms with Crippen molar-refractivity contribution in [3.05, 3.63) is 12.2 Å². The van der Waals surface area contributed by atoms with Crippen LogP contribution in [0.4, 0.5) is 0 Å². The molecule has 0 atom stereocenters. The molecular formula is C18H36. The van der Waals surface area contributed by atoms with Gasteiger partial charge in [0.25, 0.3) is 0 Å². The summed E-state index contributed by atoms with van der Waals surface area (Å²) < 4.78 is 0. The largest absolute Gasteiger partial charge is 0.100 e. The summed E-state index contributed by atoms with van der Waals surface area (Å²) in [6, 6.07) is 0. The first kappa shape index (κ1) is 17.7. The smallest absolute Gasteiger partial charge is 0.0326 e. The molecule has 0 aromatic heterocycles. The summed E-state index contributed by atoms with van der Waals surface area (Å²) in [5.74, 6) is 0.893. The molecule has 0 rings (SSSR count). The molecule has 0 heterocycles. The Kier molecular flexibility index (Phi) is 13.0. The lowest BCUT2D eigenvalue weighted by Crippen LogP contribution is -1.87. The zero-order chi connectivity index (χ0) is 13.6. The van der Waals surface area contributed by atoms with Crippen LogP contribution in [0.25, 0.3) is 0 Å². The van der Waals surface area contributed by atoms with E-state index in [1.807, 2.05) is 0 Å². The maximum atomic E-state index is 3.95. The first-order valence-corrected chi connectivity index (χ1v) is 8.27. The zero-order valence-electron chi connectivity index (χ0n) is 13.3. The molecule has 0 radical (unpaired) electrons. The van der Waals surface area contributed by atoms with Crippen LogP contribution in [0, 0.1) is 5.92 Å². The molecule has 0 saturated carbocycles. The van der Waals surface area contributed by atoms with E-state index in [2.05, 4.69) is 27.4 Å². The van der Waals surface area contributed by atoms with Gasteiger partial charge in [-0.05, 0) is 25.7 Å². The fourth-order valence-corrected chi connectivity index (χ4v) is 2.39. The summed E-state index contributed by atoms with van der Waals surface area (Å²) in [5.41, 5.74) is 1.34. The highest BCUT2D eigenvalue weighted by molar-refractivity contribution is 4.86. The Balaban J connectivity index is 2.97. The number of rotatable bonds is 13. The average Bonchev–Trinajstić information content (AvgIpc) is 2.29. The second-order valence-corrected chi connectivity index (χ2v) is 6.43. The molecule has 0 spiro atoms. The van der Waals surface area contributed by atoms with Crippen molar-refractivity contribution in [3.8, 4) is 0 Å². The highest BCUT2D eigenvalue weighted by atomic mass is 14.0. The van der Waals surface area contributed by atoms with E-state index >= 15 is 0 Å². The Morgan fingerprint density at radius 1 is 0.722 bits per heavy atom. The Hall–Kier alpha value is -0.260.